The number of nitrogens with zero attached hydrogens (tertiary/aromatic N) is 1. The zero-order chi connectivity index (χ0) is 19.2. The smallest absolute Gasteiger partial charge is 0.305 e. The number of carbonyl (C=O) groups excluding carboxylic acids is 2. The molecule has 0 saturated carbocycles. The van der Waals surface area contributed by atoms with Crippen LogP contribution < -0.4 is 9.47 Å². The predicted molar refractivity (Wildman–Crippen MR) is 100 cm³/mol. The van der Waals surface area contributed by atoms with E-state index in [2.05, 4.69) is 11.9 Å². The number of esters is 1. The van der Waals surface area contributed by atoms with Crippen molar-refractivity contribution in [3.63, 3.8) is 0 Å². The Morgan fingerprint density at radius 1 is 1.12 bits per heavy atom. The fraction of sp³-hybridized carbons (Fsp3) is 0.550. The molecule has 0 bridgehead atoms. The van der Waals surface area contributed by atoms with E-state index in [9.17, 15) is 9.59 Å². The number of carbonyl (C=O) groups is 2. The highest BCUT2D eigenvalue weighted by atomic mass is 16.5. The molecule has 0 fully saturated rings. The van der Waals surface area contributed by atoms with Gasteiger partial charge >= 0.3 is 5.97 Å². The molecule has 26 heavy (non-hydrogen) atoms. The number of hydrogen-bond acceptors (Lipinski definition) is 6. The SMILES string of the molecule is CCCCCC(=O)/C=C/c1cc(OCCCC(=O)OCC)c(OC)cn1. The van der Waals surface area contributed by atoms with Crippen molar-refractivity contribution in [1.82, 2.24) is 4.98 Å². The molecular formula is C20H29NO5. The van der Waals surface area contributed by atoms with E-state index in [1.165, 1.54) is 7.11 Å². The lowest BCUT2D eigenvalue weighted by molar-refractivity contribution is -0.143. The zero-order valence-electron chi connectivity index (χ0n) is 16.0. The quantitative estimate of drug-likeness (QED) is 0.300. The number of rotatable bonds is 13. The van der Waals surface area contributed by atoms with Crippen LogP contribution in [-0.4, -0.2) is 37.1 Å². The van der Waals surface area contributed by atoms with Gasteiger partial charge in [-0.2, -0.15) is 0 Å². The van der Waals surface area contributed by atoms with E-state index in [0.29, 0.717) is 49.7 Å². The molecule has 0 atom stereocenters. The monoisotopic (exact) mass is 363 g/mol. The summed E-state index contributed by atoms with van der Waals surface area (Å²) in [7, 11) is 1.54. The minimum Gasteiger partial charge on any atom is -0.491 e. The molecule has 0 aliphatic carbocycles. The summed E-state index contributed by atoms with van der Waals surface area (Å²) in [6, 6.07) is 1.72. The standard InChI is InChI=1S/C20H29NO5/c1-4-6-7-9-17(22)12-11-16-14-18(19(24-3)15-21-16)26-13-8-10-20(23)25-5-2/h11-12,14-15H,4-10,13H2,1-3H3/b12-11+. The predicted octanol–water partition coefficient (Wildman–Crippen LogP) is 3.97. The molecule has 1 aromatic rings. The van der Waals surface area contributed by atoms with Crippen LogP contribution in [0.1, 0.15) is 58.1 Å². The van der Waals surface area contributed by atoms with Gasteiger partial charge in [0.15, 0.2) is 17.3 Å². The molecule has 0 saturated heterocycles. The Bertz CT molecular complexity index is 598. The summed E-state index contributed by atoms with van der Waals surface area (Å²) in [6.45, 7) is 4.62. The lowest BCUT2D eigenvalue weighted by Gasteiger charge is -2.10. The fourth-order valence-electron chi connectivity index (χ4n) is 2.24. The van der Waals surface area contributed by atoms with Gasteiger partial charge in [0.1, 0.15) is 0 Å². The van der Waals surface area contributed by atoms with Gasteiger partial charge in [0, 0.05) is 18.9 Å². The zero-order valence-corrected chi connectivity index (χ0v) is 16.0. The van der Waals surface area contributed by atoms with Crippen molar-refractivity contribution < 1.29 is 23.8 Å². The lowest BCUT2D eigenvalue weighted by atomic mass is 10.1. The number of ketones is 1. The molecule has 0 N–H and O–H groups in total. The summed E-state index contributed by atoms with van der Waals surface area (Å²) in [6.07, 6.45) is 9.25. The van der Waals surface area contributed by atoms with Gasteiger partial charge in [-0.25, -0.2) is 0 Å². The topological polar surface area (TPSA) is 74.7 Å². The van der Waals surface area contributed by atoms with Gasteiger partial charge in [0.2, 0.25) is 0 Å². The number of unbranched alkanes of at least 4 members (excludes halogenated alkanes) is 2. The Morgan fingerprint density at radius 3 is 2.62 bits per heavy atom. The van der Waals surface area contributed by atoms with E-state index in [4.69, 9.17) is 14.2 Å². The molecule has 1 aromatic heterocycles. The Kier molecular flexibility index (Phi) is 10.8. The second-order valence-corrected chi connectivity index (χ2v) is 5.77. The van der Waals surface area contributed by atoms with Gasteiger partial charge < -0.3 is 14.2 Å². The summed E-state index contributed by atoms with van der Waals surface area (Å²) in [4.78, 5) is 27.4. The lowest BCUT2D eigenvalue weighted by Crippen LogP contribution is -2.07. The number of allylic oxidation sites excluding steroid dienone is 1. The highest BCUT2D eigenvalue weighted by Crippen LogP contribution is 2.27. The van der Waals surface area contributed by atoms with Crippen molar-refractivity contribution in [2.75, 3.05) is 20.3 Å². The molecule has 1 heterocycles. The minimum atomic E-state index is -0.233. The van der Waals surface area contributed by atoms with Crippen LogP contribution in [0.2, 0.25) is 0 Å². The fourth-order valence-corrected chi connectivity index (χ4v) is 2.24. The maximum Gasteiger partial charge on any atom is 0.305 e. The first-order chi connectivity index (χ1) is 12.6. The van der Waals surface area contributed by atoms with Crippen LogP contribution >= 0.6 is 0 Å². The van der Waals surface area contributed by atoms with E-state index in [-0.39, 0.29) is 11.8 Å². The molecule has 0 radical (unpaired) electrons. The molecule has 0 spiro atoms. The summed E-state index contributed by atoms with van der Waals surface area (Å²) in [5, 5.41) is 0. The molecule has 6 nitrogen and oxygen atoms in total. The third kappa shape index (κ3) is 8.65. The van der Waals surface area contributed by atoms with Crippen molar-refractivity contribution in [2.45, 2.75) is 52.4 Å². The van der Waals surface area contributed by atoms with E-state index >= 15 is 0 Å². The number of aromatic nitrogens is 1. The van der Waals surface area contributed by atoms with Crippen molar-refractivity contribution in [3.05, 3.63) is 24.0 Å². The Morgan fingerprint density at radius 2 is 1.92 bits per heavy atom. The van der Waals surface area contributed by atoms with Gasteiger partial charge in [0.25, 0.3) is 0 Å². The minimum absolute atomic E-state index is 0.0907. The molecule has 0 unspecified atom stereocenters. The van der Waals surface area contributed by atoms with Crippen molar-refractivity contribution in [3.8, 4) is 11.5 Å². The highest BCUT2D eigenvalue weighted by Gasteiger charge is 2.08. The van der Waals surface area contributed by atoms with Crippen LogP contribution in [0.4, 0.5) is 0 Å². The molecule has 1 rings (SSSR count). The highest BCUT2D eigenvalue weighted by molar-refractivity contribution is 5.93. The molecule has 0 aliphatic heterocycles. The molecule has 144 valence electrons. The number of hydrogen-bond donors (Lipinski definition) is 0. The van der Waals surface area contributed by atoms with Crippen LogP contribution in [0.3, 0.4) is 0 Å². The first-order valence-corrected chi connectivity index (χ1v) is 9.14. The normalized spacial score (nSPS) is 10.7. The van der Waals surface area contributed by atoms with Gasteiger partial charge in [0.05, 0.1) is 32.2 Å². The maximum atomic E-state index is 11.8. The summed E-state index contributed by atoms with van der Waals surface area (Å²) < 4.78 is 15.8. The Balaban J connectivity index is 2.58. The van der Waals surface area contributed by atoms with Crippen molar-refractivity contribution >= 4 is 17.8 Å². The molecule has 0 aliphatic rings. The van der Waals surface area contributed by atoms with Crippen molar-refractivity contribution in [1.29, 1.82) is 0 Å². The average molecular weight is 363 g/mol. The van der Waals surface area contributed by atoms with Crippen LogP contribution in [0.15, 0.2) is 18.3 Å². The second kappa shape index (κ2) is 12.9. The van der Waals surface area contributed by atoms with Crippen molar-refractivity contribution in [2.24, 2.45) is 0 Å². The van der Waals surface area contributed by atoms with Gasteiger partial charge in [-0.3, -0.25) is 14.6 Å². The van der Waals surface area contributed by atoms with Gasteiger partial charge in [-0.05, 0) is 31.9 Å². The van der Waals surface area contributed by atoms with Gasteiger partial charge in [-0.15, -0.1) is 0 Å². The van der Waals surface area contributed by atoms with Crippen LogP contribution in [0, 0.1) is 0 Å². The summed E-state index contributed by atoms with van der Waals surface area (Å²) >= 11 is 0. The van der Waals surface area contributed by atoms with Crippen LogP contribution in [-0.2, 0) is 14.3 Å². The van der Waals surface area contributed by atoms with E-state index in [1.807, 2.05) is 0 Å². The largest absolute Gasteiger partial charge is 0.491 e. The molecular weight excluding hydrogens is 334 g/mol. The first kappa shape index (κ1) is 21.7. The molecule has 0 amide bonds. The van der Waals surface area contributed by atoms with E-state index in [1.54, 1.807) is 31.3 Å². The molecule has 0 aromatic carbocycles. The van der Waals surface area contributed by atoms with Gasteiger partial charge in [-0.1, -0.05) is 19.8 Å². The number of ether oxygens (including phenoxy) is 3. The van der Waals surface area contributed by atoms with Crippen LogP contribution in [0.25, 0.3) is 6.08 Å². The third-order valence-electron chi connectivity index (χ3n) is 3.63. The van der Waals surface area contributed by atoms with Crippen LogP contribution in [0.5, 0.6) is 11.5 Å². The average Bonchev–Trinajstić information content (AvgIpc) is 2.64. The second-order valence-electron chi connectivity index (χ2n) is 5.77. The summed E-state index contributed by atoms with van der Waals surface area (Å²) in [5.74, 6) is 0.896. The summed E-state index contributed by atoms with van der Waals surface area (Å²) in [5.41, 5.74) is 0.620. The molecule has 6 heteroatoms. The van der Waals surface area contributed by atoms with E-state index < -0.39 is 0 Å². The number of pyridine rings is 1. The third-order valence-corrected chi connectivity index (χ3v) is 3.63. The number of methoxy groups -OCH3 is 1. The first-order valence-electron chi connectivity index (χ1n) is 9.14. The maximum absolute atomic E-state index is 11.8. The Hall–Kier alpha value is -2.37. The Labute approximate surface area is 155 Å². The van der Waals surface area contributed by atoms with E-state index in [0.717, 1.165) is 19.3 Å².